The smallest absolute Gasteiger partial charge is 0.223 e. The number of carbonyl (C=O) groups excluding carboxylic acids is 1. The van der Waals surface area contributed by atoms with Gasteiger partial charge in [-0.3, -0.25) is 4.79 Å². The maximum absolute atomic E-state index is 13.2. The molecule has 0 spiro atoms. The van der Waals surface area contributed by atoms with Gasteiger partial charge in [0.2, 0.25) is 11.9 Å². The van der Waals surface area contributed by atoms with Crippen LogP contribution in [0.1, 0.15) is 30.4 Å². The van der Waals surface area contributed by atoms with Crippen molar-refractivity contribution in [3.63, 3.8) is 0 Å². The molecule has 0 atom stereocenters. The standard InChI is InChI=1S/C24H28N4O/c1-2-26-14-13-25-24(26)28-17-15-27(16-18-28)23(29)19-22(20-9-5-3-6-10-20)21-11-7-4-8-12-21/h3-14,22H,2,15-19H2,1H3. The zero-order valence-electron chi connectivity index (χ0n) is 16.9. The average Bonchev–Trinajstić information content (AvgIpc) is 3.27. The van der Waals surface area contributed by atoms with Crippen molar-refractivity contribution in [1.82, 2.24) is 14.5 Å². The number of anilines is 1. The average molecular weight is 389 g/mol. The molecule has 1 aromatic heterocycles. The number of aromatic nitrogens is 2. The van der Waals surface area contributed by atoms with Crippen molar-refractivity contribution in [1.29, 1.82) is 0 Å². The van der Waals surface area contributed by atoms with Gasteiger partial charge in [0.05, 0.1) is 0 Å². The van der Waals surface area contributed by atoms with Crippen LogP contribution < -0.4 is 4.90 Å². The number of hydrogen-bond acceptors (Lipinski definition) is 3. The summed E-state index contributed by atoms with van der Waals surface area (Å²) in [6, 6.07) is 20.7. The van der Waals surface area contributed by atoms with Gasteiger partial charge in [-0.25, -0.2) is 4.98 Å². The normalized spacial score (nSPS) is 14.4. The molecule has 0 radical (unpaired) electrons. The molecule has 150 valence electrons. The lowest BCUT2D eigenvalue weighted by Gasteiger charge is -2.36. The molecular formula is C24H28N4O. The predicted octanol–water partition coefficient (Wildman–Crippen LogP) is 3.77. The van der Waals surface area contributed by atoms with Crippen LogP contribution in [0.15, 0.2) is 73.1 Å². The van der Waals surface area contributed by atoms with Gasteiger partial charge in [0.25, 0.3) is 0 Å². The summed E-state index contributed by atoms with van der Waals surface area (Å²) in [5.74, 6) is 1.31. The summed E-state index contributed by atoms with van der Waals surface area (Å²) in [4.78, 5) is 21.9. The van der Waals surface area contributed by atoms with Crippen molar-refractivity contribution < 1.29 is 4.79 Å². The lowest BCUT2D eigenvalue weighted by atomic mass is 9.88. The fourth-order valence-electron chi connectivity index (χ4n) is 4.09. The zero-order valence-corrected chi connectivity index (χ0v) is 16.9. The van der Waals surface area contributed by atoms with Crippen LogP contribution in [0.25, 0.3) is 0 Å². The minimum absolute atomic E-state index is 0.0851. The molecule has 5 heteroatoms. The first-order valence-corrected chi connectivity index (χ1v) is 10.4. The van der Waals surface area contributed by atoms with E-state index in [4.69, 9.17) is 0 Å². The van der Waals surface area contributed by atoms with Crippen LogP contribution in [-0.2, 0) is 11.3 Å². The third-order valence-electron chi connectivity index (χ3n) is 5.73. The Bertz CT molecular complexity index is 875. The van der Waals surface area contributed by atoms with Crippen molar-refractivity contribution >= 4 is 11.9 Å². The molecule has 1 aliphatic heterocycles. The van der Waals surface area contributed by atoms with Crippen LogP contribution in [0.3, 0.4) is 0 Å². The monoisotopic (exact) mass is 388 g/mol. The third-order valence-corrected chi connectivity index (χ3v) is 5.73. The number of benzene rings is 2. The first kappa shape index (κ1) is 19.2. The van der Waals surface area contributed by atoms with E-state index < -0.39 is 0 Å². The summed E-state index contributed by atoms with van der Waals surface area (Å²) < 4.78 is 2.15. The Balaban J connectivity index is 1.44. The first-order chi connectivity index (χ1) is 14.3. The molecule has 0 aliphatic carbocycles. The van der Waals surface area contributed by atoms with Gasteiger partial charge in [0.15, 0.2) is 0 Å². The quantitative estimate of drug-likeness (QED) is 0.645. The number of piperazine rings is 1. The van der Waals surface area contributed by atoms with E-state index in [2.05, 4.69) is 45.6 Å². The van der Waals surface area contributed by atoms with Crippen LogP contribution in [0.4, 0.5) is 5.95 Å². The molecule has 1 saturated heterocycles. The van der Waals surface area contributed by atoms with Gasteiger partial charge in [-0.15, -0.1) is 0 Å². The molecule has 1 fully saturated rings. The largest absolute Gasteiger partial charge is 0.339 e. The van der Waals surface area contributed by atoms with Gasteiger partial charge in [0, 0.05) is 57.5 Å². The molecule has 2 aromatic carbocycles. The Hall–Kier alpha value is -3.08. The van der Waals surface area contributed by atoms with E-state index in [9.17, 15) is 4.79 Å². The fraction of sp³-hybridized carbons (Fsp3) is 0.333. The summed E-state index contributed by atoms with van der Waals surface area (Å²) in [5.41, 5.74) is 2.38. The van der Waals surface area contributed by atoms with Crippen molar-refractivity contribution in [2.75, 3.05) is 31.1 Å². The number of amides is 1. The first-order valence-electron chi connectivity index (χ1n) is 10.4. The number of nitrogens with zero attached hydrogens (tertiary/aromatic N) is 4. The van der Waals surface area contributed by atoms with Gasteiger partial charge in [-0.2, -0.15) is 0 Å². The lowest BCUT2D eigenvalue weighted by molar-refractivity contribution is -0.131. The van der Waals surface area contributed by atoms with E-state index in [1.165, 1.54) is 11.1 Å². The minimum atomic E-state index is 0.0851. The Kier molecular flexibility index (Phi) is 5.94. The topological polar surface area (TPSA) is 41.4 Å². The van der Waals surface area contributed by atoms with Crippen LogP contribution >= 0.6 is 0 Å². The molecule has 0 unspecified atom stereocenters. The highest BCUT2D eigenvalue weighted by atomic mass is 16.2. The molecule has 0 saturated carbocycles. The number of hydrogen-bond donors (Lipinski definition) is 0. The van der Waals surface area contributed by atoms with E-state index in [1.54, 1.807) is 0 Å². The summed E-state index contributed by atoms with van der Waals surface area (Å²) in [7, 11) is 0. The number of rotatable bonds is 6. The van der Waals surface area contributed by atoms with Gasteiger partial charge in [-0.1, -0.05) is 60.7 Å². The van der Waals surface area contributed by atoms with E-state index in [0.29, 0.717) is 6.42 Å². The molecule has 4 rings (SSSR count). The highest BCUT2D eigenvalue weighted by molar-refractivity contribution is 5.78. The predicted molar refractivity (Wildman–Crippen MR) is 116 cm³/mol. The number of carbonyl (C=O) groups is 1. The van der Waals surface area contributed by atoms with Gasteiger partial charge in [0.1, 0.15) is 0 Å². The van der Waals surface area contributed by atoms with Crippen molar-refractivity contribution in [2.45, 2.75) is 25.8 Å². The summed E-state index contributed by atoms with van der Waals surface area (Å²) in [6.07, 6.45) is 4.36. The Labute approximate surface area is 172 Å². The lowest BCUT2D eigenvalue weighted by Crippen LogP contribution is -2.49. The maximum Gasteiger partial charge on any atom is 0.223 e. The van der Waals surface area contributed by atoms with Gasteiger partial charge in [-0.05, 0) is 18.1 Å². The summed E-state index contributed by atoms with van der Waals surface area (Å²) >= 11 is 0. The second-order valence-corrected chi connectivity index (χ2v) is 7.46. The van der Waals surface area contributed by atoms with E-state index in [1.807, 2.05) is 53.7 Å². The molecule has 5 nitrogen and oxygen atoms in total. The van der Waals surface area contributed by atoms with E-state index >= 15 is 0 Å². The number of aryl methyl sites for hydroxylation is 1. The van der Waals surface area contributed by atoms with Gasteiger partial charge >= 0.3 is 0 Å². The highest BCUT2D eigenvalue weighted by Crippen LogP contribution is 2.29. The molecule has 29 heavy (non-hydrogen) atoms. The zero-order chi connectivity index (χ0) is 20.1. The Morgan fingerprint density at radius 2 is 1.52 bits per heavy atom. The minimum Gasteiger partial charge on any atom is -0.339 e. The molecular weight excluding hydrogens is 360 g/mol. The maximum atomic E-state index is 13.2. The summed E-state index contributed by atoms with van der Waals surface area (Å²) in [5, 5.41) is 0. The molecule has 3 aromatic rings. The molecule has 1 aliphatic rings. The van der Waals surface area contributed by atoms with Crippen LogP contribution in [0, 0.1) is 0 Å². The molecule has 1 amide bonds. The fourth-order valence-corrected chi connectivity index (χ4v) is 4.09. The van der Waals surface area contributed by atoms with E-state index in [-0.39, 0.29) is 11.8 Å². The molecule has 0 bridgehead atoms. The SMILES string of the molecule is CCn1ccnc1N1CCN(C(=O)CC(c2ccccc2)c2ccccc2)CC1. The Morgan fingerprint density at radius 3 is 2.07 bits per heavy atom. The second kappa shape index (κ2) is 8.95. The molecule has 0 N–H and O–H groups in total. The second-order valence-electron chi connectivity index (χ2n) is 7.46. The highest BCUT2D eigenvalue weighted by Gasteiger charge is 2.26. The number of imidazole rings is 1. The van der Waals surface area contributed by atoms with E-state index in [0.717, 1.165) is 38.7 Å². The summed E-state index contributed by atoms with van der Waals surface area (Å²) in [6.45, 7) is 6.16. The van der Waals surface area contributed by atoms with Crippen LogP contribution in [0.2, 0.25) is 0 Å². The Morgan fingerprint density at radius 1 is 0.931 bits per heavy atom. The van der Waals surface area contributed by atoms with Crippen molar-refractivity contribution in [3.8, 4) is 0 Å². The van der Waals surface area contributed by atoms with Crippen LogP contribution in [0.5, 0.6) is 0 Å². The van der Waals surface area contributed by atoms with Crippen molar-refractivity contribution in [3.05, 3.63) is 84.2 Å². The molecule has 2 heterocycles. The van der Waals surface area contributed by atoms with Crippen molar-refractivity contribution in [2.24, 2.45) is 0 Å². The van der Waals surface area contributed by atoms with Crippen LogP contribution in [-0.4, -0.2) is 46.5 Å². The van der Waals surface area contributed by atoms with Gasteiger partial charge < -0.3 is 14.4 Å². The third kappa shape index (κ3) is 4.34.